The van der Waals surface area contributed by atoms with Crippen molar-refractivity contribution in [2.45, 2.75) is 66.7 Å². The Kier molecular flexibility index (Phi) is 4.30. The van der Waals surface area contributed by atoms with E-state index in [4.69, 9.17) is 0 Å². The smallest absolute Gasteiger partial charge is 0.00267 e. The van der Waals surface area contributed by atoms with Crippen LogP contribution in [0.25, 0.3) is 0 Å². The van der Waals surface area contributed by atoms with Gasteiger partial charge in [-0.25, -0.2) is 0 Å². The first-order chi connectivity index (χ1) is 8.23. The molecule has 0 amide bonds. The van der Waals surface area contributed by atoms with Crippen molar-refractivity contribution in [2.24, 2.45) is 10.8 Å². The molecule has 0 heterocycles. The highest BCUT2D eigenvalue weighted by molar-refractivity contribution is 5.30. The van der Waals surface area contributed by atoms with E-state index >= 15 is 0 Å². The molecule has 0 fully saturated rings. The van der Waals surface area contributed by atoms with Crippen molar-refractivity contribution < 1.29 is 0 Å². The molecule has 0 heteroatoms. The van der Waals surface area contributed by atoms with Gasteiger partial charge >= 0.3 is 0 Å². The van der Waals surface area contributed by atoms with E-state index in [-0.39, 0.29) is 16.2 Å². The second kappa shape index (κ2) is 5.07. The molecule has 0 atom stereocenters. The predicted octanol–water partition coefficient (Wildman–Crippen LogP) is 5.82. The minimum Gasteiger partial charge on any atom is -0.0648 e. The Balaban J connectivity index is 3.46. The van der Waals surface area contributed by atoms with E-state index in [1.54, 1.807) is 0 Å². The SMILES string of the molecule is CCC(C)(C)C(C)(c1ccccc1)C(C)(C)CC. The lowest BCUT2D eigenvalue weighted by Gasteiger charge is -2.54. The zero-order valence-electron chi connectivity index (χ0n) is 13.3. The fraction of sp³-hybridized carbons (Fsp3) is 0.667. The molecule has 0 radical (unpaired) electrons. The third kappa shape index (κ3) is 2.22. The summed E-state index contributed by atoms with van der Waals surface area (Å²) in [7, 11) is 0. The van der Waals surface area contributed by atoms with Gasteiger partial charge in [0.1, 0.15) is 0 Å². The molecule has 0 aliphatic carbocycles. The molecular weight excluding hydrogens is 216 g/mol. The summed E-state index contributed by atoms with van der Waals surface area (Å²) in [5.41, 5.74) is 2.23. The third-order valence-corrected chi connectivity index (χ3v) is 5.83. The first-order valence-corrected chi connectivity index (χ1v) is 7.28. The van der Waals surface area contributed by atoms with Gasteiger partial charge in [-0.2, -0.15) is 0 Å². The van der Waals surface area contributed by atoms with Crippen molar-refractivity contribution in [2.75, 3.05) is 0 Å². The van der Waals surface area contributed by atoms with Gasteiger partial charge in [0.05, 0.1) is 0 Å². The van der Waals surface area contributed by atoms with Crippen molar-refractivity contribution in [3.05, 3.63) is 35.9 Å². The minimum atomic E-state index is 0.185. The molecule has 0 aromatic heterocycles. The molecule has 1 aromatic rings. The maximum Gasteiger partial charge on any atom is 0.00267 e. The second-order valence-electron chi connectivity index (χ2n) is 6.97. The maximum atomic E-state index is 2.45. The van der Waals surface area contributed by atoms with Crippen molar-refractivity contribution in [3.63, 3.8) is 0 Å². The van der Waals surface area contributed by atoms with Gasteiger partial charge in [-0.3, -0.25) is 0 Å². The Hall–Kier alpha value is -0.780. The molecule has 0 bridgehead atoms. The Labute approximate surface area is 114 Å². The Morgan fingerprint density at radius 1 is 0.722 bits per heavy atom. The molecule has 0 saturated heterocycles. The van der Waals surface area contributed by atoms with Crippen LogP contribution >= 0.6 is 0 Å². The van der Waals surface area contributed by atoms with Crippen LogP contribution in [0.3, 0.4) is 0 Å². The van der Waals surface area contributed by atoms with Crippen molar-refractivity contribution in [1.82, 2.24) is 0 Å². The van der Waals surface area contributed by atoms with Gasteiger partial charge in [-0.1, -0.05) is 91.6 Å². The van der Waals surface area contributed by atoms with E-state index in [2.05, 4.69) is 78.8 Å². The molecule has 102 valence electrons. The molecule has 0 nitrogen and oxygen atoms in total. The summed E-state index contributed by atoms with van der Waals surface area (Å²) in [4.78, 5) is 0. The summed E-state index contributed by atoms with van der Waals surface area (Å²) in [5, 5.41) is 0. The first kappa shape index (κ1) is 15.3. The van der Waals surface area contributed by atoms with Crippen LogP contribution in [0.4, 0.5) is 0 Å². The highest BCUT2D eigenvalue weighted by atomic mass is 14.5. The molecule has 1 rings (SSSR count). The maximum absolute atomic E-state index is 2.45. The number of rotatable bonds is 5. The van der Waals surface area contributed by atoms with Crippen molar-refractivity contribution in [1.29, 1.82) is 0 Å². The standard InChI is InChI=1S/C18H30/c1-8-16(3,4)18(7,17(5,6)9-2)15-13-11-10-12-14-15/h10-14H,8-9H2,1-7H3. The van der Waals surface area contributed by atoms with Gasteiger partial charge in [0.25, 0.3) is 0 Å². The van der Waals surface area contributed by atoms with Gasteiger partial charge in [0.15, 0.2) is 0 Å². The molecule has 0 aliphatic heterocycles. The van der Waals surface area contributed by atoms with E-state index < -0.39 is 0 Å². The summed E-state index contributed by atoms with van der Waals surface area (Å²) >= 11 is 0. The second-order valence-corrected chi connectivity index (χ2v) is 6.97. The lowest BCUT2D eigenvalue weighted by Crippen LogP contribution is -2.50. The van der Waals surface area contributed by atoms with Crippen LogP contribution in [0.2, 0.25) is 0 Å². The molecule has 0 unspecified atom stereocenters. The lowest BCUT2D eigenvalue weighted by molar-refractivity contribution is 0.0349. The highest BCUT2D eigenvalue weighted by Gasteiger charge is 2.50. The zero-order chi connectivity index (χ0) is 14.0. The topological polar surface area (TPSA) is 0 Å². The monoisotopic (exact) mass is 246 g/mol. The molecule has 0 spiro atoms. The van der Waals surface area contributed by atoms with E-state index in [1.807, 2.05) is 0 Å². The van der Waals surface area contributed by atoms with Crippen molar-refractivity contribution >= 4 is 0 Å². The Bertz CT molecular complexity index is 354. The summed E-state index contributed by atoms with van der Waals surface area (Å²) in [6.45, 7) is 16.7. The summed E-state index contributed by atoms with van der Waals surface area (Å²) in [5.74, 6) is 0. The van der Waals surface area contributed by atoms with E-state index in [9.17, 15) is 0 Å². The third-order valence-electron chi connectivity index (χ3n) is 5.83. The van der Waals surface area contributed by atoms with Gasteiger partial charge < -0.3 is 0 Å². The molecule has 18 heavy (non-hydrogen) atoms. The van der Waals surface area contributed by atoms with Crippen molar-refractivity contribution in [3.8, 4) is 0 Å². The first-order valence-electron chi connectivity index (χ1n) is 7.28. The lowest BCUT2D eigenvalue weighted by atomic mass is 9.49. The number of hydrogen-bond donors (Lipinski definition) is 0. The van der Waals surface area contributed by atoms with E-state index in [1.165, 1.54) is 18.4 Å². The number of hydrogen-bond acceptors (Lipinski definition) is 0. The molecule has 0 N–H and O–H groups in total. The van der Waals surface area contributed by atoms with Gasteiger partial charge in [0.2, 0.25) is 0 Å². The van der Waals surface area contributed by atoms with Gasteiger partial charge in [0, 0.05) is 5.41 Å². The fourth-order valence-corrected chi connectivity index (χ4v) is 3.18. The summed E-state index contributed by atoms with van der Waals surface area (Å²) in [6, 6.07) is 11.1. The molecule has 0 aliphatic rings. The predicted molar refractivity (Wildman–Crippen MR) is 81.9 cm³/mol. The molecular formula is C18H30. The van der Waals surface area contributed by atoms with Crippen LogP contribution in [0.1, 0.15) is 66.9 Å². The average Bonchev–Trinajstić information content (AvgIpc) is 2.38. The van der Waals surface area contributed by atoms with Crippen LogP contribution in [0.15, 0.2) is 30.3 Å². The average molecular weight is 246 g/mol. The normalized spacial score (nSPS) is 13.7. The molecule has 0 saturated carbocycles. The van der Waals surface area contributed by atoms with E-state index in [0.29, 0.717) is 0 Å². The van der Waals surface area contributed by atoms with Gasteiger partial charge in [-0.05, 0) is 16.4 Å². The quantitative estimate of drug-likeness (QED) is 0.614. The van der Waals surface area contributed by atoms with Crippen LogP contribution in [0.5, 0.6) is 0 Å². The largest absolute Gasteiger partial charge is 0.0648 e. The summed E-state index contributed by atoms with van der Waals surface area (Å²) < 4.78 is 0. The van der Waals surface area contributed by atoms with Crippen LogP contribution in [-0.4, -0.2) is 0 Å². The zero-order valence-corrected chi connectivity index (χ0v) is 13.3. The van der Waals surface area contributed by atoms with Crippen LogP contribution in [-0.2, 0) is 5.41 Å². The van der Waals surface area contributed by atoms with E-state index in [0.717, 1.165) is 0 Å². The molecule has 1 aromatic carbocycles. The van der Waals surface area contributed by atoms with Crippen LogP contribution < -0.4 is 0 Å². The summed E-state index contributed by atoms with van der Waals surface area (Å²) in [6.07, 6.45) is 2.39. The highest BCUT2D eigenvalue weighted by Crippen LogP contribution is 2.55. The Morgan fingerprint density at radius 2 is 1.11 bits per heavy atom. The van der Waals surface area contributed by atoms with Crippen LogP contribution in [0, 0.1) is 10.8 Å². The minimum absolute atomic E-state index is 0.185. The van der Waals surface area contributed by atoms with Gasteiger partial charge in [-0.15, -0.1) is 0 Å². The fourth-order valence-electron chi connectivity index (χ4n) is 3.18. The number of benzene rings is 1. The Morgan fingerprint density at radius 3 is 1.44 bits per heavy atom.